The minimum Gasteiger partial charge on any atom is -0.472 e. The number of dihydropyridines is 1. The first-order valence-electron chi connectivity index (χ1n) is 10.4. The highest BCUT2D eigenvalue weighted by Crippen LogP contribution is 2.41. The molecular formula is C21H21F3N6O2. The van der Waals surface area contributed by atoms with E-state index in [1.54, 1.807) is 23.4 Å². The van der Waals surface area contributed by atoms with Gasteiger partial charge in [-0.2, -0.15) is 23.4 Å². The number of nitrogens with one attached hydrogen (secondary N) is 1. The van der Waals surface area contributed by atoms with Gasteiger partial charge in [0.2, 0.25) is 5.88 Å². The Bertz CT molecular complexity index is 1060. The highest BCUT2D eigenvalue weighted by molar-refractivity contribution is 6.02. The summed E-state index contributed by atoms with van der Waals surface area (Å²) in [6, 6.07) is 2.01. The molecule has 0 spiro atoms. The van der Waals surface area contributed by atoms with Crippen molar-refractivity contribution in [1.29, 1.82) is 0 Å². The summed E-state index contributed by atoms with van der Waals surface area (Å²) in [5, 5.41) is 11.5. The van der Waals surface area contributed by atoms with Crippen LogP contribution in [0.3, 0.4) is 0 Å². The number of carbonyl (C=O) groups is 1. The normalized spacial score (nSPS) is 27.1. The van der Waals surface area contributed by atoms with Crippen LogP contribution in [-0.2, 0) is 11.0 Å². The number of halogens is 3. The van der Waals surface area contributed by atoms with E-state index >= 15 is 0 Å². The summed E-state index contributed by atoms with van der Waals surface area (Å²) in [7, 11) is 0. The second-order valence-electron chi connectivity index (χ2n) is 8.27. The number of nitrogens with zero attached hydrogens (tertiary/aromatic N) is 5. The summed E-state index contributed by atoms with van der Waals surface area (Å²) in [4.78, 5) is 20.4. The van der Waals surface area contributed by atoms with Crippen LogP contribution in [0.25, 0.3) is 5.82 Å². The van der Waals surface area contributed by atoms with Crippen molar-refractivity contribution in [1.82, 2.24) is 30.2 Å². The first-order valence-corrected chi connectivity index (χ1v) is 10.4. The average molecular weight is 446 g/mol. The van der Waals surface area contributed by atoms with Crippen LogP contribution in [-0.4, -0.2) is 55.5 Å². The van der Waals surface area contributed by atoms with Gasteiger partial charge in [0.25, 0.3) is 5.91 Å². The molecule has 1 amide bonds. The second kappa shape index (κ2) is 7.64. The fourth-order valence-corrected chi connectivity index (χ4v) is 4.58. The Morgan fingerprint density at radius 3 is 2.66 bits per heavy atom. The Kier molecular flexibility index (Phi) is 4.90. The molecule has 2 bridgehead atoms. The number of ether oxygens (including phenoxy) is 1. The molecule has 1 saturated carbocycles. The van der Waals surface area contributed by atoms with Crippen molar-refractivity contribution in [3.05, 3.63) is 54.0 Å². The molecule has 3 aliphatic rings. The van der Waals surface area contributed by atoms with Crippen LogP contribution in [0.4, 0.5) is 13.2 Å². The van der Waals surface area contributed by atoms with E-state index in [9.17, 15) is 18.0 Å². The van der Waals surface area contributed by atoms with Crippen molar-refractivity contribution >= 4 is 11.7 Å². The maximum Gasteiger partial charge on any atom is 0.417 e. The molecule has 2 fully saturated rings. The lowest BCUT2D eigenvalue weighted by Crippen LogP contribution is -2.48. The molecule has 5 rings (SSSR count). The lowest BCUT2D eigenvalue weighted by molar-refractivity contribution is -0.138. The number of piperidine rings is 1. The Morgan fingerprint density at radius 2 is 2.00 bits per heavy atom. The first-order chi connectivity index (χ1) is 15.3. The van der Waals surface area contributed by atoms with E-state index in [0.717, 1.165) is 25.1 Å². The Balaban J connectivity index is 1.35. The van der Waals surface area contributed by atoms with Crippen molar-refractivity contribution in [2.24, 2.45) is 5.92 Å². The summed E-state index contributed by atoms with van der Waals surface area (Å²) in [5.74, 6) is 0.750. The van der Waals surface area contributed by atoms with Crippen LogP contribution in [0.1, 0.15) is 25.3 Å². The maximum absolute atomic E-state index is 13.5. The smallest absolute Gasteiger partial charge is 0.417 e. The van der Waals surface area contributed by atoms with Crippen LogP contribution in [0.5, 0.6) is 5.88 Å². The van der Waals surface area contributed by atoms with E-state index in [0.29, 0.717) is 17.9 Å². The molecule has 1 saturated heterocycles. The zero-order valence-electron chi connectivity index (χ0n) is 17.2. The zero-order chi connectivity index (χ0) is 22.5. The Morgan fingerprint density at radius 1 is 1.22 bits per heavy atom. The zero-order valence-corrected chi connectivity index (χ0v) is 17.2. The molecule has 2 aromatic rings. The van der Waals surface area contributed by atoms with Gasteiger partial charge in [0.1, 0.15) is 6.10 Å². The predicted molar refractivity (Wildman–Crippen MR) is 107 cm³/mol. The number of alkyl halides is 3. The van der Waals surface area contributed by atoms with Gasteiger partial charge in [-0.25, -0.2) is 4.98 Å². The van der Waals surface area contributed by atoms with Gasteiger partial charge in [0.05, 0.1) is 29.6 Å². The molecule has 3 unspecified atom stereocenters. The first kappa shape index (κ1) is 20.5. The largest absolute Gasteiger partial charge is 0.472 e. The van der Waals surface area contributed by atoms with Gasteiger partial charge in [-0.1, -0.05) is 6.08 Å². The van der Waals surface area contributed by atoms with Crippen molar-refractivity contribution in [3.8, 4) is 5.88 Å². The number of amides is 1. The van der Waals surface area contributed by atoms with E-state index in [1.807, 2.05) is 13.0 Å². The van der Waals surface area contributed by atoms with Crippen molar-refractivity contribution in [2.45, 2.75) is 44.1 Å². The lowest BCUT2D eigenvalue weighted by atomic mass is 10.0. The topological polar surface area (TPSA) is 85.2 Å². The molecule has 1 N–H and O–H groups in total. The van der Waals surface area contributed by atoms with Crippen molar-refractivity contribution in [3.63, 3.8) is 0 Å². The molecule has 11 heteroatoms. The molecule has 2 aromatic heterocycles. The van der Waals surface area contributed by atoms with E-state index in [1.165, 1.54) is 10.9 Å². The molecule has 8 nitrogen and oxygen atoms in total. The van der Waals surface area contributed by atoms with Gasteiger partial charge >= 0.3 is 6.18 Å². The molecule has 4 heterocycles. The molecule has 32 heavy (non-hydrogen) atoms. The van der Waals surface area contributed by atoms with Gasteiger partial charge in [-0.15, -0.1) is 4.80 Å². The number of carbonyl (C=O) groups excluding carboxylic acids is 1. The van der Waals surface area contributed by atoms with E-state index < -0.39 is 11.7 Å². The van der Waals surface area contributed by atoms with Gasteiger partial charge in [0, 0.05) is 24.8 Å². The highest BCUT2D eigenvalue weighted by Gasteiger charge is 2.49. The van der Waals surface area contributed by atoms with E-state index in [2.05, 4.69) is 20.5 Å². The molecule has 168 valence electrons. The number of aromatic nitrogens is 4. The second-order valence-corrected chi connectivity index (χ2v) is 8.27. The van der Waals surface area contributed by atoms with Crippen LogP contribution >= 0.6 is 0 Å². The van der Waals surface area contributed by atoms with Gasteiger partial charge < -0.3 is 15.0 Å². The number of hydrogen-bond donors (Lipinski definition) is 1. The summed E-state index contributed by atoms with van der Waals surface area (Å²) in [5.41, 5.74) is -0.370. The highest BCUT2D eigenvalue weighted by atomic mass is 19.4. The third kappa shape index (κ3) is 3.71. The standard InChI is InChI=1S/C21H21F3N6O2/c1-12-2-4-15(19(28-12)30-26-6-7-27-30)20(31)29-11-13-8-16(29)17(9-13)32-18-5-3-14(10-25-18)21(22,23)24/h2-7,10,12-13,16-17,28H,8-9,11H2,1H3/t12?,13-,16?,17?/m0/s1. The summed E-state index contributed by atoms with van der Waals surface area (Å²) >= 11 is 0. The van der Waals surface area contributed by atoms with Crippen LogP contribution in [0, 0.1) is 5.92 Å². The molecule has 2 aliphatic heterocycles. The number of likely N-dealkylation sites (tertiary alicyclic amines) is 1. The van der Waals surface area contributed by atoms with Crippen LogP contribution < -0.4 is 10.1 Å². The third-order valence-electron chi connectivity index (χ3n) is 6.04. The quantitative estimate of drug-likeness (QED) is 0.777. The minimum atomic E-state index is -4.45. The predicted octanol–water partition coefficient (Wildman–Crippen LogP) is 2.48. The third-order valence-corrected chi connectivity index (χ3v) is 6.04. The molecular weight excluding hydrogens is 425 g/mol. The van der Waals surface area contributed by atoms with Gasteiger partial charge in [0.15, 0.2) is 5.82 Å². The number of rotatable bonds is 4. The number of fused-ring (bicyclic) bond motifs is 2. The van der Waals surface area contributed by atoms with Crippen LogP contribution in [0.15, 0.2) is 48.4 Å². The number of hydrogen-bond acceptors (Lipinski definition) is 6. The average Bonchev–Trinajstić information content (AvgIpc) is 3.50. The van der Waals surface area contributed by atoms with Gasteiger partial charge in [-0.05, 0) is 37.8 Å². The summed E-state index contributed by atoms with van der Waals surface area (Å²) in [6.07, 6.45) is 4.26. The van der Waals surface area contributed by atoms with E-state index in [4.69, 9.17) is 4.74 Å². The minimum absolute atomic E-state index is 0.0180. The Labute approximate surface area is 181 Å². The fourth-order valence-electron chi connectivity index (χ4n) is 4.58. The van der Waals surface area contributed by atoms with Gasteiger partial charge in [-0.3, -0.25) is 4.79 Å². The van der Waals surface area contributed by atoms with Crippen molar-refractivity contribution < 1.29 is 22.7 Å². The van der Waals surface area contributed by atoms with Crippen LogP contribution in [0.2, 0.25) is 0 Å². The SMILES string of the molecule is CC1C=CC(C(=O)N2C[C@@H]3CC(Oc4ccc(C(F)(F)F)cn4)C2C3)=C(n2nccn2)N1. The molecule has 1 aliphatic carbocycles. The lowest BCUT2D eigenvalue weighted by Gasteiger charge is -2.34. The fraction of sp³-hybridized carbons (Fsp3) is 0.429. The maximum atomic E-state index is 13.5. The Hall–Kier alpha value is -3.37. The number of pyridine rings is 1. The van der Waals surface area contributed by atoms with Crippen molar-refractivity contribution in [2.75, 3.05) is 6.54 Å². The molecule has 0 radical (unpaired) electrons. The monoisotopic (exact) mass is 446 g/mol. The molecule has 0 aromatic carbocycles. The van der Waals surface area contributed by atoms with E-state index in [-0.39, 0.29) is 35.9 Å². The molecule has 4 atom stereocenters. The summed E-state index contributed by atoms with van der Waals surface area (Å²) in [6.45, 7) is 2.57. The summed E-state index contributed by atoms with van der Waals surface area (Å²) < 4.78 is 44.2.